The first-order valence-corrected chi connectivity index (χ1v) is 8.41. The van der Waals surface area contributed by atoms with Gasteiger partial charge in [-0.25, -0.2) is 0 Å². The van der Waals surface area contributed by atoms with Gasteiger partial charge >= 0.3 is 0 Å². The Morgan fingerprint density at radius 1 is 1.43 bits per heavy atom. The number of anilines is 1. The second-order valence-electron chi connectivity index (χ2n) is 6.23. The number of carbonyl (C=O) groups is 1. The minimum absolute atomic E-state index is 0.00935. The molecule has 0 radical (unpaired) electrons. The van der Waals surface area contributed by atoms with Gasteiger partial charge in [-0.05, 0) is 31.2 Å². The normalized spacial score (nSPS) is 15.9. The molecule has 0 aliphatic heterocycles. The molecule has 10 nitrogen and oxygen atoms in total. The molecule has 0 saturated carbocycles. The Bertz CT molecular complexity index is 775. The lowest BCUT2D eigenvalue weighted by molar-refractivity contribution is -0.118. The maximum absolute atomic E-state index is 12.6. The van der Waals surface area contributed by atoms with E-state index in [9.17, 15) is 15.0 Å². The van der Waals surface area contributed by atoms with Crippen LogP contribution in [0.4, 0.5) is 5.69 Å². The van der Waals surface area contributed by atoms with E-state index in [4.69, 9.17) is 21.9 Å². The first-order valence-electron chi connectivity index (χ1n) is 8.41. The van der Waals surface area contributed by atoms with Gasteiger partial charge in [-0.15, -0.1) is 0 Å². The first-order chi connectivity index (χ1) is 13.2. The van der Waals surface area contributed by atoms with E-state index in [0.717, 1.165) is 0 Å². The van der Waals surface area contributed by atoms with Crippen LogP contribution in [0.15, 0.2) is 40.0 Å². The predicted octanol–water partition coefficient (Wildman–Crippen LogP) is -1.25. The highest BCUT2D eigenvalue weighted by molar-refractivity contribution is 6.46. The fourth-order valence-electron chi connectivity index (χ4n) is 2.09. The number of aliphatic hydroxyl groups is 2. The highest BCUT2D eigenvalue weighted by atomic mass is 16.5. The lowest BCUT2D eigenvalue weighted by Crippen LogP contribution is -2.61. The number of benzene rings is 1. The molecule has 0 aliphatic rings. The second-order valence-corrected chi connectivity index (χ2v) is 6.23. The maximum Gasteiger partial charge on any atom is 0.270 e. The third kappa shape index (κ3) is 6.05. The molecule has 2 unspecified atom stereocenters. The number of aliphatic hydroxyl groups excluding tert-OH is 2. The summed E-state index contributed by atoms with van der Waals surface area (Å²) in [7, 11) is 3.04. The van der Waals surface area contributed by atoms with Crippen LogP contribution >= 0.6 is 0 Å². The monoisotopic (exact) mass is 392 g/mol. The molecule has 154 valence electrons. The summed E-state index contributed by atoms with van der Waals surface area (Å²) < 4.78 is 5.60. The number of rotatable bonds is 9. The van der Waals surface area contributed by atoms with Crippen LogP contribution in [0.25, 0.3) is 0 Å². The summed E-state index contributed by atoms with van der Waals surface area (Å²) in [6.07, 6.45) is 1.68. The zero-order valence-corrected chi connectivity index (χ0v) is 16.2. The highest BCUT2D eigenvalue weighted by Gasteiger charge is 2.33. The van der Waals surface area contributed by atoms with Gasteiger partial charge in [0.2, 0.25) is 0 Å². The van der Waals surface area contributed by atoms with E-state index in [1.54, 1.807) is 37.5 Å². The largest absolute Gasteiger partial charge is 0.487 e. The molecule has 0 heterocycles. The van der Waals surface area contributed by atoms with Gasteiger partial charge in [0.25, 0.3) is 5.91 Å². The third-order valence-electron chi connectivity index (χ3n) is 3.94. The van der Waals surface area contributed by atoms with Crippen molar-refractivity contribution in [3.8, 4) is 5.75 Å². The molecule has 28 heavy (non-hydrogen) atoms. The van der Waals surface area contributed by atoms with Crippen molar-refractivity contribution >= 4 is 23.5 Å². The van der Waals surface area contributed by atoms with Crippen molar-refractivity contribution in [3.05, 3.63) is 35.5 Å². The van der Waals surface area contributed by atoms with Crippen LogP contribution < -0.4 is 27.3 Å². The molecule has 1 aromatic rings. The second kappa shape index (κ2) is 10.4. The number of allylic oxidation sites excluding steroid dienone is 1. The van der Waals surface area contributed by atoms with Gasteiger partial charge in [-0.3, -0.25) is 14.8 Å². The molecular weight excluding hydrogens is 364 g/mol. The van der Waals surface area contributed by atoms with Crippen LogP contribution in [-0.4, -0.2) is 67.1 Å². The molecule has 0 fully saturated rings. The van der Waals surface area contributed by atoms with E-state index in [2.05, 4.69) is 15.3 Å². The Labute approximate surface area is 163 Å². The van der Waals surface area contributed by atoms with Crippen molar-refractivity contribution in [2.24, 2.45) is 21.5 Å². The zero-order valence-electron chi connectivity index (χ0n) is 16.2. The molecule has 1 aromatic carbocycles. The van der Waals surface area contributed by atoms with Crippen LogP contribution in [0.3, 0.4) is 0 Å². The fraction of sp³-hybridized carbons (Fsp3) is 0.389. The Morgan fingerprint density at radius 2 is 2.11 bits per heavy atom. The van der Waals surface area contributed by atoms with Gasteiger partial charge in [0, 0.05) is 37.3 Å². The van der Waals surface area contributed by atoms with Crippen molar-refractivity contribution in [2.75, 3.05) is 33.0 Å². The summed E-state index contributed by atoms with van der Waals surface area (Å²) in [5.74, 6) is -0.238. The van der Waals surface area contributed by atoms with E-state index < -0.39 is 24.3 Å². The molecule has 2 atom stereocenters. The first kappa shape index (κ1) is 23.1. The van der Waals surface area contributed by atoms with Crippen LogP contribution in [0.2, 0.25) is 0 Å². The number of hydrogen-bond donors (Lipinski definition) is 6. The lowest BCUT2D eigenvalue weighted by Gasteiger charge is -2.31. The van der Waals surface area contributed by atoms with E-state index >= 15 is 0 Å². The number of nitrogen functional groups attached to an aromatic ring is 1. The summed E-state index contributed by atoms with van der Waals surface area (Å²) >= 11 is 0. The molecule has 1 amide bonds. The van der Waals surface area contributed by atoms with Crippen molar-refractivity contribution in [2.45, 2.75) is 18.7 Å². The lowest BCUT2D eigenvalue weighted by atomic mass is 10.00. The van der Waals surface area contributed by atoms with Gasteiger partial charge < -0.3 is 37.5 Å². The molecule has 9 N–H and O–H groups in total. The van der Waals surface area contributed by atoms with Crippen molar-refractivity contribution in [1.29, 1.82) is 0 Å². The SMILES string of the molecule is CN=CC=C(N)COc1ccc(N)c(C(=NC)C(=O)NC(C)(CO)C(N)O)c1. The van der Waals surface area contributed by atoms with E-state index in [1.165, 1.54) is 14.0 Å². The summed E-state index contributed by atoms with van der Waals surface area (Å²) in [6, 6.07) is 4.75. The quantitative estimate of drug-likeness (QED) is 0.172. The number of nitrogens with one attached hydrogen (secondary N) is 1. The topological polar surface area (TPSA) is 182 Å². The Morgan fingerprint density at radius 3 is 2.64 bits per heavy atom. The van der Waals surface area contributed by atoms with Crippen LogP contribution in [0.5, 0.6) is 5.75 Å². The number of carbonyl (C=O) groups excluding carboxylic acids is 1. The minimum Gasteiger partial charge on any atom is -0.487 e. The van der Waals surface area contributed by atoms with Crippen LogP contribution in [0, 0.1) is 0 Å². The number of aliphatic imine (C=N–C) groups is 2. The molecule has 0 aliphatic carbocycles. The Balaban J connectivity index is 3.08. The van der Waals surface area contributed by atoms with Gasteiger partial charge in [-0.1, -0.05) is 0 Å². The van der Waals surface area contributed by atoms with Crippen LogP contribution in [0.1, 0.15) is 12.5 Å². The summed E-state index contributed by atoms with van der Waals surface area (Å²) in [5, 5.41) is 21.5. The smallest absolute Gasteiger partial charge is 0.270 e. The standard InChI is InChI=1S/C18H28N6O4/c1-18(10-25,17(21)27)24-16(26)15(23-3)13-8-12(4-5-14(13)20)28-9-11(19)6-7-22-2/h4-8,17,25,27H,9-10,19-21H2,1-3H3,(H,24,26). The number of hydrogen-bond acceptors (Lipinski definition) is 9. The summed E-state index contributed by atoms with van der Waals surface area (Å²) in [6.45, 7) is 0.946. The fourth-order valence-corrected chi connectivity index (χ4v) is 2.09. The highest BCUT2D eigenvalue weighted by Crippen LogP contribution is 2.21. The van der Waals surface area contributed by atoms with E-state index in [-0.39, 0.29) is 12.3 Å². The zero-order chi connectivity index (χ0) is 21.3. The number of nitrogens with two attached hydrogens (primary N) is 3. The van der Waals surface area contributed by atoms with Crippen molar-refractivity contribution < 1.29 is 19.7 Å². The molecule has 10 heteroatoms. The van der Waals surface area contributed by atoms with E-state index in [1.807, 2.05) is 0 Å². The average molecular weight is 392 g/mol. The summed E-state index contributed by atoms with van der Waals surface area (Å²) in [5.41, 5.74) is 16.8. The Hall–Kier alpha value is -2.95. The van der Waals surface area contributed by atoms with Crippen molar-refractivity contribution in [1.82, 2.24) is 5.32 Å². The van der Waals surface area contributed by atoms with Gasteiger partial charge in [0.15, 0.2) is 0 Å². The molecule has 1 rings (SSSR count). The van der Waals surface area contributed by atoms with Crippen molar-refractivity contribution in [3.63, 3.8) is 0 Å². The van der Waals surface area contributed by atoms with Crippen LogP contribution in [-0.2, 0) is 4.79 Å². The molecular formula is C18H28N6O4. The Kier molecular flexibility index (Phi) is 8.58. The van der Waals surface area contributed by atoms with E-state index in [0.29, 0.717) is 22.7 Å². The molecule has 0 bridgehead atoms. The average Bonchev–Trinajstić information content (AvgIpc) is 2.66. The minimum atomic E-state index is -1.48. The molecule has 0 saturated heterocycles. The number of ether oxygens (including phenoxy) is 1. The van der Waals surface area contributed by atoms with Gasteiger partial charge in [0.1, 0.15) is 24.3 Å². The maximum atomic E-state index is 12.6. The predicted molar refractivity (Wildman–Crippen MR) is 109 cm³/mol. The number of amides is 1. The molecule has 0 aromatic heterocycles. The van der Waals surface area contributed by atoms with Gasteiger partial charge in [0.05, 0.1) is 12.1 Å². The third-order valence-corrected chi connectivity index (χ3v) is 3.94. The number of nitrogens with zero attached hydrogens (tertiary/aromatic N) is 2. The summed E-state index contributed by atoms with van der Waals surface area (Å²) in [4.78, 5) is 20.4. The molecule has 0 spiro atoms. The van der Waals surface area contributed by atoms with Gasteiger partial charge in [-0.2, -0.15) is 0 Å².